The molecule has 0 bridgehead atoms. The molecule has 60 heavy (non-hydrogen) atoms. The standard InChI is InChI=1S/C50H87NO9/c1-5-9-13-23-30-43(29-11-7-3)41-58-49(53)36-28-22-18-17-21-27-35-47(59-50(54)60-48-39-37-44(38-40-48)51(55)56)34-26-20-16-15-19-24-31-45(52)42-57-46(32-12-8-4)33-25-14-10-6-2/h37-40,43,46-47H,5-36,41-42H2,1-4H3. The van der Waals surface area contributed by atoms with Crippen LogP contribution >= 0.6 is 0 Å². The van der Waals surface area contributed by atoms with Gasteiger partial charge in [-0.05, 0) is 82.3 Å². The third kappa shape index (κ3) is 31.8. The first-order valence-electron chi connectivity index (χ1n) is 24.6. The average Bonchev–Trinajstić information content (AvgIpc) is 3.24. The van der Waals surface area contributed by atoms with Gasteiger partial charge in [0.25, 0.3) is 5.69 Å². The molecule has 0 aliphatic carbocycles. The third-order valence-electron chi connectivity index (χ3n) is 11.6. The normalized spacial score (nSPS) is 12.8. The monoisotopic (exact) mass is 846 g/mol. The molecule has 0 radical (unpaired) electrons. The van der Waals surface area contributed by atoms with Crippen LogP contribution in [0.25, 0.3) is 0 Å². The molecule has 0 amide bonds. The summed E-state index contributed by atoms with van der Waals surface area (Å²) >= 11 is 0. The molecule has 0 aromatic heterocycles. The molecule has 0 aliphatic heterocycles. The van der Waals surface area contributed by atoms with Crippen molar-refractivity contribution in [1.29, 1.82) is 0 Å². The molecule has 346 valence electrons. The molecule has 0 heterocycles. The maximum atomic E-state index is 12.7. The molecule has 0 fully saturated rings. The highest BCUT2D eigenvalue weighted by molar-refractivity contribution is 5.79. The van der Waals surface area contributed by atoms with Crippen LogP contribution in [0.3, 0.4) is 0 Å². The van der Waals surface area contributed by atoms with Gasteiger partial charge >= 0.3 is 12.1 Å². The minimum Gasteiger partial charge on any atom is -0.465 e. The van der Waals surface area contributed by atoms with E-state index in [1.807, 2.05) is 0 Å². The van der Waals surface area contributed by atoms with E-state index in [1.165, 1.54) is 88.5 Å². The van der Waals surface area contributed by atoms with Gasteiger partial charge in [0.2, 0.25) is 0 Å². The molecule has 3 atom stereocenters. The maximum Gasteiger partial charge on any atom is 0.514 e. The van der Waals surface area contributed by atoms with E-state index in [2.05, 4.69) is 27.7 Å². The van der Waals surface area contributed by atoms with Gasteiger partial charge in [0, 0.05) is 25.0 Å². The Morgan fingerprint density at radius 3 is 1.57 bits per heavy atom. The molecular weight excluding hydrogens is 759 g/mol. The molecule has 0 spiro atoms. The largest absolute Gasteiger partial charge is 0.514 e. The number of nitro groups is 1. The van der Waals surface area contributed by atoms with Crippen LogP contribution in [0.4, 0.5) is 10.5 Å². The topological polar surface area (TPSA) is 131 Å². The van der Waals surface area contributed by atoms with Gasteiger partial charge in [-0.3, -0.25) is 19.7 Å². The van der Waals surface area contributed by atoms with Crippen molar-refractivity contribution in [2.45, 2.75) is 245 Å². The van der Waals surface area contributed by atoms with Gasteiger partial charge in [0.1, 0.15) is 18.5 Å². The number of benzene rings is 1. The van der Waals surface area contributed by atoms with Crippen molar-refractivity contribution in [1.82, 2.24) is 0 Å². The summed E-state index contributed by atoms with van der Waals surface area (Å²) in [6.45, 7) is 9.66. The Bertz CT molecular complexity index is 1150. The number of ether oxygens (including phenoxy) is 4. The number of hydrogen-bond donors (Lipinski definition) is 0. The van der Waals surface area contributed by atoms with E-state index >= 15 is 0 Å². The number of carbonyl (C=O) groups is 3. The fraction of sp³-hybridized carbons (Fsp3) is 0.820. The SMILES string of the molecule is CCCCCCC(CCCC)COC(=O)CCCCCCCCC(CCCCCCCCC(=O)COC(CCCC)CCCCCC)OC(=O)Oc1ccc([N+](=O)[O-])cc1. The molecule has 10 nitrogen and oxygen atoms in total. The summed E-state index contributed by atoms with van der Waals surface area (Å²) in [5.74, 6) is 0.830. The lowest BCUT2D eigenvalue weighted by atomic mass is 9.96. The van der Waals surface area contributed by atoms with Crippen LogP contribution in [0.1, 0.15) is 233 Å². The number of nitrogens with zero attached hydrogens (tertiary/aromatic N) is 1. The molecular formula is C50H87NO9. The second-order valence-corrected chi connectivity index (χ2v) is 17.2. The maximum absolute atomic E-state index is 12.7. The van der Waals surface area contributed by atoms with E-state index in [-0.39, 0.29) is 42.0 Å². The number of carbonyl (C=O) groups excluding carboxylic acids is 3. The first-order chi connectivity index (χ1) is 29.2. The van der Waals surface area contributed by atoms with Crippen LogP contribution in [0.2, 0.25) is 0 Å². The highest BCUT2D eigenvalue weighted by Crippen LogP contribution is 2.22. The van der Waals surface area contributed by atoms with Crippen LogP contribution in [-0.4, -0.2) is 48.3 Å². The third-order valence-corrected chi connectivity index (χ3v) is 11.6. The first kappa shape index (κ1) is 55.0. The van der Waals surface area contributed by atoms with Gasteiger partial charge in [-0.1, -0.05) is 156 Å². The predicted octanol–water partition coefficient (Wildman–Crippen LogP) is 15.2. The van der Waals surface area contributed by atoms with Gasteiger partial charge in [-0.15, -0.1) is 0 Å². The van der Waals surface area contributed by atoms with Crippen LogP contribution < -0.4 is 4.74 Å². The zero-order chi connectivity index (χ0) is 43.9. The van der Waals surface area contributed by atoms with E-state index in [4.69, 9.17) is 18.9 Å². The van der Waals surface area contributed by atoms with Crippen molar-refractivity contribution in [3.63, 3.8) is 0 Å². The molecule has 0 aliphatic rings. The van der Waals surface area contributed by atoms with Gasteiger partial charge in [0.15, 0.2) is 5.78 Å². The van der Waals surface area contributed by atoms with Crippen LogP contribution in [0, 0.1) is 16.0 Å². The fourth-order valence-electron chi connectivity index (χ4n) is 7.68. The number of unbranched alkanes of at least 4 members (excludes halogenated alkanes) is 18. The van der Waals surface area contributed by atoms with Crippen molar-refractivity contribution >= 4 is 23.6 Å². The highest BCUT2D eigenvalue weighted by atomic mass is 16.7. The number of hydrogen-bond acceptors (Lipinski definition) is 9. The Labute approximate surface area is 365 Å². The lowest BCUT2D eigenvalue weighted by molar-refractivity contribution is -0.384. The van der Waals surface area contributed by atoms with Crippen molar-refractivity contribution < 1.29 is 38.3 Å². The highest BCUT2D eigenvalue weighted by Gasteiger charge is 2.18. The molecule has 1 rings (SSSR count). The Balaban J connectivity index is 2.40. The number of Topliss-reactive ketones (excluding diaryl/α,β-unsaturated/α-hetero) is 1. The first-order valence-corrected chi connectivity index (χ1v) is 24.6. The fourth-order valence-corrected chi connectivity index (χ4v) is 7.68. The van der Waals surface area contributed by atoms with Crippen LogP contribution in [-0.2, 0) is 23.8 Å². The summed E-state index contributed by atoms with van der Waals surface area (Å²) in [5, 5.41) is 11.0. The van der Waals surface area contributed by atoms with Crippen molar-refractivity contribution in [3.8, 4) is 5.75 Å². The minimum atomic E-state index is -0.796. The summed E-state index contributed by atoms with van der Waals surface area (Å²) in [6.07, 6.45) is 32.5. The zero-order valence-electron chi connectivity index (χ0n) is 38.7. The molecule has 1 aromatic carbocycles. The summed E-state index contributed by atoms with van der Waals surface area (Å²) < 4.78 is 22.9. The Hall–Kier alpha value is -3.01. The van der Waals surface area contributed by atoms with E-state index in [1.54, 1.807) is 0 Å². The number of nitro benzene ring substituents is 1. The van der Waals surface area contributed by atoms with Gasteiger partial charge in [0.05, 0.1) is 17.6 Å². The smallest absolute Gasteiger partial charge is 0.465 e. The van der Waals surface area contributed by atoms with E-state index in [9.17, 15) is 24.5 Å². The Kier molecular flexibility index (Phi) is 35.6. The zero-order valence-corrected chi connectivity index (χ0v) is 38.7. The van der Waals surface area contributed by atoms with Crippen molar-refractivity contribution in [3.05, 3.63) is 34.4 Å². The number of ketones is 1. The second kappa shape index (κ2) is 38.9. The quantitative estimate of drug-likeness (QED) is 0.0207. The summed E-state index contributed by atoms with van der Waals surface area (Å²) in [6, 6.07) is 5.39. The number of esters is 1. The molecule has 10 heteroatoms. The molecule has 0 saturated carbocycles. The number of non-ortho nitro benzene ring substituents is 1. The van der Waals surface area contributed by atoms with Gasteiger partial charge < -0.3 is 18.9 Å². The van der Waals surface area contributed by atoms with Crippen molar-refractivity contribution in [2.75, 3.05) is 13.2 Å². The van der Waals surface area contributed by atoms with Gasteiger partial charge in [-0.25, -0.2) is 4.79 Å². The molecule has 3 unspecified atom stereocenters. The van der Waals surface area contributed by atoms with Crippen LogP contribution in [0.5, 0.6) is 5.75 Å². The summed E-state index contributed by atoms with van der Waals surface area (Å²) in [7, 11) is 0. The Morgan fingerprint density at radius 1 is 0.550 bits per heavy atom. The van der Waals surface area contributed by atoms with E-state index in [0.717, 1.165) is 128 Å². The number of rotatable bonds is 42. The minimum absolute atomic E-state index is 0.0688. The summed E-state index contributed by atoms with van der Waals surface area (Å²) in [4.78, 5) is 48.2. The summed E-state index contributed by atoms with van der Waals surface area (Å²) in [5.41, 5.74) is -0.0759. The predicted molar refractivity (Wildman–Crippen MR) is 244 cm³/mol. The van der Waals surface area contributed by atoms with E-state index < -0.39 is 11.1 Å². The lowest BCUT2D eigenvalue weighted by Crippen LogP contribution is -2.21. The molecule has 1 aromatic rings. The van der Waals surface area contributed by atoms with Crippen LogP contribution in [0.15, 0.2) is 24.3 Å². The molecule has 0 saturated heterocycles. The van der Waals surface area contributed by atoms with Crippen molar-refractivity contribution in [2.24, 2.45) is 5.92 Å². The Morgan fingerprint density at radius 2 is 1.00 bits per heavy atom. The van der Waals surface area contributed by atoms with Gasteiger partial charge in [-0.2, -0.15) is 0 Å². The second-order valence-electron chi connectivity index (χ2n) is 17.2. The average molecular weight is 846 g/mol. The van der Waals surface area contributed by atoms with E-state index in [0.29, 0.717) is 25.4 Å². The lowest BCUT2D eigenvalue weighted by Gasteiger charge is -2.18. The molecule has 0 N–H and O–H groups in total.